The molecule has 0 aliphatic rings. The Morgan fingerprint density at radius 1 is 0.944 bits per heavy atom. The Morgan fingerprint density at radius 2 is 1.67 bits per heavy atom. The molecule has 88 valence electrons. The molecule has 0 N–H and O–H groups in total. The first kappa shape index (κ1) is 10.8. The highest BCUT2D eigenvalue weighted by molar-refractivity contribution is 5.85. The predicted molar refractivity (Wildman–Crippen MR) is 77.5 cm³/mol. The molecule has 0 amide bonds. The molecule has 0 bridgehead atoms. The van der Waals surface area contributed by atoms with Crippen LogP contribution >= 0.6 is 0 Å². The molecular formula is C17H15N. The van der Waals surface area contributed by atoms with Crippen LogP contribution in [0.15, 0.2) is 67.4 Å². The summed E-state index contributed by atoms with van der Waals surface area (Å²) in [5.41, 5.74) is 4.67. The maximum Gasteiger partial charge on any atom is 0.0528 e. The van der Waals surface area contributed by atoms with Gasteiger partial charge < -0.3 is 4.57 Å². The van der Waals surface area contributed by atoms with Crippen LogP contribution in [0.25, 0.3) is 16.6 Å². The van der Waals surface area contributed by atoms with Gasteiger partial charge in [-0.25, -0.2) is 0 Å². The number of hydrogen-bond donors (Lipinski definition) is 0. The van der Waals surface area contributed by atoms with Gasteiger partial charge in [-0.1, -0.05) is 49.0 Å². The lowest BCUT2D eigenvalue weighted by atomic mass is 10.1. The van der Waals surface area contributed by atoms with E-state index in [0.717, 1.165) is 5.70 Å². The van der Waals surface area contributed by atoms with E-state index in [1.807, 2.05) is 0 Å². The van der Waals surface area contributed by atoms with Crippen LogP contribution in [-0.2, 0) is 0 Å². The van der Waals surface area contributed by atoms with Crippen molar-refractivity contribution in [3.63, 3.8) is 0 Å². The van der Waals surface area contributed by atoms with Gasteiger partial charge in [0.05, 0.1) is 5.52 Å². The maximum absolute atomic E-state index is 4.24. The Kier molecular flexibility index (Phi) is 2.52. The predicted octanol–water partition coefficient (Wildman–Crippen LogP) is 4.47. The molecular weight excluding hydrogens is 218 g/mol. The number of nitrogens with zero attached hydrogens (tertiary/aromatic N) is 1. The minimum atomic E-state index is 1.02. The smallest absolute Gasteiger partial charge is 0.0528 e. The molecule has 3 rings (SSSR count). The molecule has 3 aromatic rings. The van der Waals surface area contributed by atoms with Crippen molar-refractivity contribution in [3.05, 3.63) is 78.5 Å². The molecule has 0 fully saturated rings. The molecule has 1 heteroatoms. The van der Waals surface area contributed by atoms with E-state index in [-0.39, 0.29) is 0 Å². The summed E-state index contributed by atoms with van der Waals surface area (Å²) in [5, 5.41) is 1.24. The number of rotatable bonds is 2. The van der Waals surface area contributed by atoms with Crippen molar-refractivity contribution in [2.75, 3.05) is 0 Å². The fourth-order valence-corrected chi connectivity index (χ4v) is 2.34. The molecule has 0 atom stereocenters. The molecule has 0 radical (unpaired) electrons. The minimum absolute atomic E-state index is 1.02. The van der Waals surface area contributed by atoms with E-state index in [0.29, 0.717) is 0 Å². The minimum Gasteiger partial charge on any atom is -0.317 e. The Morgan fingerprint density at radius 3 is 2.50 bits per heavy atom. The molecule has 0 unspecified atom stereocenters. The largest absolute Gasteiger partial charge is 0.317 e. The van der Waals surface area contributed by atoms with Crippen molar-refractivity contribution in [1.82, 2.24) is 4.57 Å². The van der Waals surface area contributed by atoms with Crippen LogP contribution in [0.2, 0.25) is 0 Å². The van der Waals surface area contributed by atoms with Gasteiger partial charge in [-0.3, -0.25) is 0 Å². The van der Waals surface area contributed by atoms with E-state index in [2.05, 4.69) is 78.9 Å². The topological polar surface area (TPSA) is 4.93 Å². The van der Waals surface area contributed by atoms with Gasteiger partial charge in [-0.15, -0.1) is 0 Å². The van der Waals surface area contributed by atoms with Crippen molar-refractivity contribution in [3.8, 4) is 0 Å². The second-order valence-electron chi connectivity index (χ2n) is 4.51. The van der Waals surface area contributed by atoms with Gasteiger partial charge in [0.15, 0.2) is 0 Å². The third kappa shape index (κ3) is 1.65. The standard InChI is InChI=1S/C17H15N/c1-13-7-3-5-9-16(13)14(2)18-12-11-15-8-4-6-10-17(15)18/h3-12H,2H2,1H3. The summed E-state index contributed by atoms with van der Waals surface area (Å²) in [4.78, 5) is 0. The van der Waals surface area contributed by atoms with Crippen molar-refractivity contribution in [2.45, 2.75) is 6.92 Å². The molecule has 0 saturated carbocycles. The van der Waals surface area contributed by atoms with Crippen LogP contribution in [0.3, 0.4) is 0 Å². The fraction of sp³-hybridized carbons (Fsp3) is 0.0588. The van der Waals surface area contributed by atoms with Gasteiger partial charge >= 0.3 is 0 Å². The normalized spacial score (nSPS) is 10.7. The zero-order chi connectivity index (χ0) is 12.5. The molecule has 1 nitrogen and oxygen atoms in total. The molecule has 1 aromatic heterocycles. The summed E-state index contributed by atoms with van der Waals surface area (Å²) in [6.07, 6.45) is 2.08. The van der Waals surface area contributed by atoms with Crippen molar-refractivity contribution < 1.29 is 0 Å². The molecule has 0 aliphatic carbocycles. The molecule has 0 aliphatic heterocycles. The Hall–Kier alpha value is -2.28. The van der Waals surface area contributed by atoms with E-state index in [9.17, 15) is 0 Å². The lowest BCUT2D eigenvalue weighted by Gasteiger charge is -2.11. The van der Waals surface area contributed by atoms with Gasteiger partial charge in [0.1, 0.15) is 0 Å². The van der Waals surface area contributed by atoms with E-state index in [1.165, 1.54) is 22.0 Å². The average Bonchev–Trinajstić information content (AvgIpc) is 2.82. The van der Waals surface area contributed by atoms with Crippen LogP contribution in [0.4, 0.5) is 0 Å². The molecule has 0 saturated heterocycles. The number of para-hydroxylation sites is 1. The van der Waals surface area contributed by atoms with E-state index in [4.69, 9.17) is 0 Å². The molecule has 2 aromatic carbocycles. The SMILES string of the molecule is C=C(c1ccccc1C)n1ccc2ccccc21. The van der Waals surface area contributed by atoms with Gasteiger partial charge in [0, 0.05) is 17.5 Å². The summed E-state index contributed by atoms with van der Waals surface area (Å²) in [5.74, 6) is 0. The summed E-state index contributed by atoms with van der Waals surface area (Å²) < 4.78 is 2.15. The maximum atomic E-state index is 4.24. The van der Waals surface area contributed by atoms with Gasteiger partial charge in [-0.2, -0.15) is 0 Å². The number of aryl methyl sites for hydroxylation is 1. The number of aromatic nitrogens is 1. The number of hydrogen-bond acceptors (Lipinski definition) is 0. The van der Waals surface area contributed by atoms with Gasteiger partial charge in [0.25, 0.3) is 0 Å². The molecule has 1 heterocycles. The first-order valence-electron chi connectivity index (χ1n) is 6.09. The average molecular weight is 233 g/mol. The fourth-order valence-electron chi connectivity index (χ4n) is 2.34. The zero-order valence-electron chi connectivity index (χ0n) is 10.4. The Labute approximate surface area is 107 Å². The Bertz CT molecular complexity index is 719. The summed E-state index contributed by atoms with van der Waals surface area (Å²) in [6, 6.07) is 18.8. The lowest BCUT2D eigenvalue weighted by Crippen LogP contribution is -1.97. The van der Waals surface area contributed by atoms with E-state index < -0.39 is 0 Å². The monoisotopic (exact) mass is 233 g/mol. The third-order valence-corrected chi connectivity index (χ3v) is 3.35. The van der Waals surface area contributed by atoms with E-state index >= 15 is 0 Å². The first-order valence-corrected chi connectivity index (χ1v) is 6.09. The van der Waals surface area contributed by atoms with Crippen molar-refractivity contribution >= 4 is 16.6 Å². The molecule has 0 spiro atoms. The van der Waals surface area contributed by atoms with Crippen LogP contribution in [0.5, 0.6) is 0 Å². The van der Waals surface area contributed by atoms with Crippen molar-refractivity contribution in [1.29, 1.82) is 0 Å². The van der Waals surface area contributed by atoms with Gasteiger partial charge in [-0.05, 0) is 30.0 Å². The van der Waals surface area contributed by atoms with Crippen LogP contribution in [0, 0.1) is 6.92 Å². The highest BCUT2D eigenvalue weighted by atomic mass is 15.0. The highest BCUT2D eigenvalue weighted by Gasteiger charge is 2.07. The summed E-state index contributed by atoms with van der Waals surface area (Å²) in [6.45, 7) is 6.36. The second-order valence-corrected chi connectivity index (χ2v) is 4.51. The first-order chi connectivity index (χ1) is 8.77. The zero-order valence-corrected chi connectivity index (χ0v) is 10.4. The summed E-state index contributed by atoms with van der Waals surface area (Å²) >= 11 is 0. The van der Waals surface area contributed by atoms with Crippen LogP contribution in [-0.4, -0.2) is 4.57 Å². The molecule has 18 heavy (non-hydrogen) atoms. The van der Waals surface area contributed by atoms with Gasteiger partial charge in [0.2, 0.25) is 0 Å². The van der Waals surface area contributed by atoms with Crippen molar-refractivity contribution in [2.24, 2.45) is 0 Å². The van der Waals surface area contributed by atoms with E-state index in [1.54, 1.807) is 0 Å². The second kappa shape index (κ2) is 4.19. The quantitative estimate of drug-likeness (QED) is 0.615. The summed E-state index contributed by atoms with van der Waals surface area (Å²) in [7, 11) is 0. The van der Waals surface area contributed by atoms with Crippen LogP contribution in [0.1, 0.15) is 11.1 Å². The number of benzene rings is 2. The highest BCUT2D eigenvalue weighted by Crippen LogP contribution is 2.24. The lowest BCUT2D eigenvalue weighted by molar-refractivity contribution is 1.16. The van der Waals surface area contributed by atoms with Crippen LogP contribution < -0.4 is 0 Å². The Balaban J connectivity index is 2.16. The third-order valence-electron chi connectivity index (χ3n) is 3.35. The number of fused-ring (bicyclic) bond motifs is 1.